The molecule has 38 heavy (non-hydrogen) atoms. The van der Waals surface area contributed by atoms with Crippen molar-refractivity contribution >= 4 is 45.0 Å². The van der Waals surface area contributed by atoms with Crippen molar-refractivity contribution in [3.63, 3.8) is 0 Å². The first-order chi connectivity index (χ1) is 18.2. The van der Waals surface area contributed by atoms with E-state index in [0.29, 0.717) is 41.8 Å². The van der Waals surface area contributed by atoms with E-state index in [9.17, 15) is 23.1 Å². The number of ether oxygens (including phenoxy) is 1. The monoisotopic (exact) mass is 575 g/mol. The van der Waals surface area contributed by atoms with Gasteiger partial charge in [0.1, 0.15) is 9.75 Å². The maximum atomic E-state index is 13.5. The van der Waals surface area contributed by atoms with Crippen LogP contribution in [-0.4, -0.2) is 68.8 Å². The minimum absolute atomic E-state index is 0.00529. The summed E-state index contributed by atoms with van der Waals surface area (Å²) < 4.78 is 34.8. The van der Waals surface area contributed by atoms with Crippen molar-refractivity contribution in [2.45, 2.75) is 21.6 Å². The highest BCUT2D eigenvalue weighted by atomic mass is 35.5. The second-order valence-corrected chi connectivity index (χ2v) is 12.8. The highest BCUT2D eigenvalue weighted by Crippen LogP contribution is 2.58. The predicted molar refractivity (Wildman–Crippen MR) is 144 cm³/mol. The molecule has 2 fully saturated rings. The molecule has 2 aliphatic rings. The van der Waals surface area contributed by atoms with E-state index in [0.717, 1.165) is 16.9 Å². The molecule has 9 nitrogen and oxygen atoms in total. The van der Waals surface area contributed by atoms with Crippen molar-refractivity contribution in [1.82, 2.24) is 14.9 Å². The molecule has 2 heterocycles. The van der Waals surface area contributed by atoms with Crippen LogP contribution in [0.4, 0.5) is 4.79 Å². The van der Waals surface area contributed by atoms with Crippen LogP contribution < -0.4 is 10.0 Å². The lowest BCUT2D eigenvalue weighted by Gasteiger charge is -2.29. The molecular weight excluding hydrogens is 550 g/mol. The number of benzene rings is 2. The van der Waals surface area contributed by atoms with Gasteiger partial charge in [-0.25, -0.2) is 13.2 Å². The third kappa shape index (κ3) is 4.92. The van der Waals surface area contributed by atoms with Crippen LogP contribution in [0.3, 0.4) is 0 Å². The summed E-state index contributed by atoms with van der Waals surface area (Å²) in [6.07, 6.45) is -0.0165. The fourth-order valence-electron chi connectivity index (χ4n) is 4.91. The maximum Gasteiger partial charge on any atom is 0.325 e. The van der Waals surface area contributed by atoms with Gasteiger partial charge in [-0.2, -0.15) is 4.72 Å². The van der Waals surface area contributed by atoms with E-state index < -0.39 is 26.9 Å². The molecule has 5 rings (SSSR count). The Bertz CT molecular complexity index is 1440. The minimum atomic E-state index is -4.21. The van der Waals surface area contributed by atoms with Gasteiger partial charge < -0.3 is 20.1 Å². The number of rotatable bonds is 8. The topological polar surface area (TPSA) is 125 Å². The lowest BCUT2D eigenvalue weighted by molar-refractivity contribution is -0.140. The number of carbonyl (C=O) groups is 2. The number of hydrogen-bond acceptors (Lipinski definition) is 6. The summed E-state index contributed by atoms with van der Waals surface area (Å²) in [7, 11) is -4.21. The van der Waals surface area contributed by atoms with Gasteiger partial charge in [0.05, 0.1) is 13.2 Å². The summed E-state index contributed by atoms with van der Waals surface area (Å²) in [5.74, 6) is -1.31. The van der Waals surface area contributed by atoms with E-state index >= 15 is 0 Å². The Hall–Kier alpha value is -2.96. The number of sulfonamides is 1. The van der Waals surface area contributed by atoms with E-state index in [4.69, 9.17) is 16.3 Å². The highest BCUT2D eigenvalue weighted by Gasteiger charge is 2.75. The Morgan fingerprint density at radius 2 is 1.71 bits per heavy atom. The molecule has 0 radical (unpaired) electrons. The van der Waals surface area contributed by atoms with Gasteiger partial charge in [0.2, 0.25) is 0 Å². The first-order valence-electron chi connectivity index (χ1n) is 12.0. The summed E-state index contributed by atoms with van der Waals surface area (Å²) in [4.78, 5) is 27.8. The van der Waals surface area contributed by atoms with E-state index in [1.165, 1.54) is 6.07 Å². The van der Waals surface area contributed by atoms with E-state index in [1.807, 2.05) is 0 Å². The van der Waals surface area contributed by atoms with Gasteiger partial charge in [0.25, 0.3) is 10.0 Å². The van der Waals surface area contributed by atoms with E-state index in [1.54, 1.807) is 65.6 Å². The third-order valence-electron chi connectivity index (χ3n) is 7.07. The Kier molecular flexibility index (Phi) is 7.23. The second-order valence-electron chi connectivity index (χ2n) is 9.32. The summed E-state index contributed by atoms with van der Waals surface area (Å²) in [5.41, 5.74) is -1.59. The van der Waals surface area contributed by atoms with E-state index in [-0.39, 0.29) is 23.2 Å². The van der Waals surface area contributed by atoms with Crippen LogP contribution >= 0.6 is 22.9 Å². The van der Waals surface area contributed by atoms with Gasteiger partial charge in [-0.15, -0.1) is 11.3 Å². The van der Waals surface area contributed by atoms with Crippen LogP contribution in [0.15, 0.2) is 70.9 Å². The minimum Gasteiger partial charge on any atom is -0.480 e. The average Bonchev–Trinajstić information content (AvgIpc) is 3.29. The molecule has 1 aromatic heterocycles. The van der Waals surface area contributed by atoms with Crippen molar-refractivity contribution in [2.75, 3.05) is 32.8 Å². The maximum absolute atomic E-state index is 13.5. The first-order valence-corrected chi connectivity index (χ1v) is 14.6. The van der Waals surface area contributed by atoms with Crippen molar-refractivity contribution in [1.29, 1.82) is 0 Å². The zero-order valence-electron chi connectivity index (χ0n) is 20.2. The number of urea groups is 1. The van der Waals surface area contributed by atoms with Crippen molar-refractivity contribution in [3.05, 3.63) is 77.3 Å². The molecule has 2 unspecified atom stereocenters. The molecule has 3 aromatic rings. The van der Waals surface area contributed by atoms with Crippen molar-refractivity contribution < 1.29 is 27.9 Å². The summed E-state index contributed by atoms with van der Waals surface area (Å²) >= 11 is 7.00. The van der Waals surface area contributed by atoms with Gasteiger partial charge in [-0.3, -0.25) is 4.79 Å². The van der Waals surface area contributed by atoms with Crippen LogP contribution in [0, 0.1) is 0 Å². The van der Waals surface area contributed by atoms with Crippen LogP contribution in [0.1, 0.15) is 12.0 Å². The Balaban J connectivity index is 1.43. The number of nitrogens with zero attached hydrogens (tertiary/aromatic N) is 1. The molecule has 0 bridgehead atoms. The number of carboxylic acids is 1. The molecular formula is C26H26ClN3O6S2. The molecule has 1 saturated heterocycles. The van der Waals surface area contributed by atoms with E-state index in [2.05, 4.69) is 10.0 Å². The molecule has 0 spiro atoms. The Morgan fingerprint density at radius 3 is 2.37 bits per heavy atom. The van der Waals surface area contributed by atoms with Gasteiger partial charge in [0, 0.05) is 34.9 Å². The van der Waals surface area contributed by atoms with Gasteiger partial charge in [-0.1, -0.05) is 54.1 Å². The number of carboxylic acid groups (broad SMARTS) is 1. The molecule has 1 aliphatic carbocycles. The zero-order chi connectivity index (χ0) is 27.0. The van der Waals surface area contributed by atoms with Gasteiger partial charge >= 0.3 is 12.0 Å². The zero-order valence-corrected chi connectivity index (χ0v) is 22.6. The summed E-state index contributed by atoms with van der Waals surface area (Å²) in [6.45, 7) is 1.65. The lowest BCUT2D eigenvalue weighted by Crippen LogP contribution is -2.53. The number of thiophene rings is 1. The fraction of sp³-hybridized carbons (Fsp3) is 0.308. The summed E-state index contributed by atoms with van der Waals surface area (Å²) in [5, 5.41) is 13.8. The molecule has 1 aliphatic heterocycles. The molecule has 2 aromatic carbocycles. The van der Waals surface area contributed by atoms with Crippen molar-refractivity contribution in [2.24, 2.45) is 0 Å². The highest BCUT2D eigenvalue weighted by molar-refractivity contribution is 7.91. The van der Waals surface area contributed by atoms with Crippen LogP contribution in [0.2, 0.25) is 5.02 Å². The molecule has 2 atom stereocenters. The SMILES string of the molecule is O=C(NCC1(c2ccccc2)CC1(NS(=O)(=O)c1ccc(-c2ccc(Cl)cc2)s1)C(=O)O)N1CCOCC1. The van der Waals surface area contributed by atoms with Crippen molar-refractivity contribution in [3.8, 4) is 10.4 Å². The molecule has 12 heteroatoms. The number of nitrogens with one attached hydrogen (secondary N) is 2. The number of carbonyl (C=O) groups excluding carboxylic acids is 1. The predicted octanol–water partition coefficient (Wildman–Crippen LogP) is 3.55. The average molecular weight is 576 g/mol. The fourth-order valence-corrected chi connectivity index (χ4v) is 7.77. The number of amides is 2. The molecule has 2 amide bonds. The molecule has 1 saturated carbocycles. The van der Waals surface area contributed by atoms with Gasteiger partial charge in [0.15, 0.2) is 0 Å². The Morgan fingerprint density at radius 1 is 1.03 bits per heavy atom. The summed E-state index contributed by atoms with van der Waals surface area (Å²) in [6, 6.07) is 18.6. The van der Waals surface area contributed by atoms with Crippen LogP contribution in [-0.2, 0) is 25.0 Å². The first kappa shape index (κ1) is 26.6. The van der Waals surface area contributed by atoms with Crippen LogP contribution in [0.25, 0.3) is 10.4 Å². The molecule has 3 N–H and O–H groups in total. The molecule has 200 valence electrons. The van der Waals surface area contributed by atoms with Gasteiger partial charge in [-0.05, 0) is 41.8 Å². The number of aliphatic carboxylic acids is 1. The number of halogens is 1. The third-order valence-corrected chi connectivity index (χ3v) is 10.4. The lowest BCUT2D eigenvalue weighted by atomic mass is 9.90. The smallest absolute Gasteiger partial charge is 0.325 e. The second kappa shape index (κ2) is 10.3. The normalized spacial score (nSPS) is 23.1. The van der Waals surface area contributed by atoms with Crippen LogP contribution in [0.5, 0.6) is 0 Å². The standard InChI is InChI=1S/C26H26ClN3O6S2/c27-20-8-6-18(7-9-20)21-10-11-22(37-21)38(34,35)29-26(23(31)32)16-25(26,19-4-2-1-3-5-19)17-28-24(33)30-12-14-36-15-13-30/h1-11,29H,12-17H2,(H,28,33)(H,31,32). The number of hydrogen-bond donors (Lipinski definition) is 3. The quantitative estimate of drug-likeness (QED) is 0.377. The largest absolute Gasteiger partial charge is 0.480 e. The number of morpholine rings is 1. The Labute approximate surface area is 229 Å².